The van der Waals surface area contributed by atoms with E-state index in [1.807, 2.05) is 36.6 Å². The van der Waals surface area contributed by atoms with Gasteiger partial charge in [0.15, 0.2) is 0 Å². The van der Waals surface area contributed by atoms with E-state index in [1.165, 1.54) is 0 Å². The monoisotopic (exact) mass is 427 g/mol. The van der Waals surface area contributed by atoms with Crippen molar-refractivity contribution in [3.05, 3.63) is 48.0 Å². The summed E-state index contributed by atoms with van der Waals surface area (Å²) in [5, 5.41) is 9.09. The Morgan fingerprint density at radius 3 is 2.93 bits per heavy atom. The number of hydrogen-bond acceptors (Lipinski definition) is 6. The van der Waals surface area contributed by atoms with Crippen LogP contribution in [0.3, 0.4) is 0 Å². The van der Waals surface area contributed by atoms with Gasteiger partial charge in [-0.3, -0.25) is 9.59 Å². The van der Waals surface area contributed by atoms with Crippen LogP contribution >= 0.6 is 11.8 Å². The summed E-state index contributed by atoms with van der Waals surface area (Å²) in [5.41, 5.74) is 1.63. The first kappa shape index (κ1) is 20.6. The first-order chi connectivity index (χ1) is 14.6. The Hall–Kier alpha value is -2.71. The van der Waals surface area contributed by atoms with Crippen LogP contribution in [0.2, 0.25) is 0 Å². The van der Waals surface area contributed by atoms with Crippen molar-refractivity contribution in [3.8, 4) is 11.5 Å². The average Bonchev–Trinajstić information content (AvgIpc) is 3.32. The van der Waals surface area contributed by atoms with Crippen LogP contribution in [0.25, 0.3) is 0 Å². The van der Waals surface area contributed by atoms with Gasteiger partial charge >= 0.3 is 0 Å². The number of carbonyl (C=O) groups excluding carboxylic acids is 2. The number of amides is 2. The van der Waals surface area contributed by atoms with Crippen molar-refractivity contribution in [2.24, 2.45) is 0 Å². The average molecular weight is 428 g/mol. The number of rotatable bonds is 7. The van der Waals surface area contributed by atoms with Crippen LogP contribution in [-0.2, 0) is 15.0 Å². The van der Waals surface area contributed by atoms with Crippen LogP contribution < -0.4 is 25.4 Å². The number of benzene rings is 2. The number of fused-ring (bicyclic) bond motifs is 2. The second-order valence-electron chi connectivity index (χ2n) is 7.41. The summed E-state index contributed by atoms with van der Waals surface area (Å²) in [4.78, 5) is 25.7. The maximum Gasteiger partial charge on any atom is 0.241 e. The van der Waals surface area contributed by atoms with Gasteiger partial charge in [-0.1, -0.05) is 18.2 Å². The first-order valence-corrected chi connectivity index (χ1v) is 11.2. The highest BCUT2D eigenvalue weighted by Gasteiger charge is 2.52. The number of thioether (sulfide) groups is 1. The highest BCUT2D eigenvalue weighted by Crippen LogP contribution is 2.43. The molecule has 3 N–H and O–H groups in total. The fraction of sp³-hybridized carbons (Fsp3) is 0.364. The number of carbonyl (C=O) groups is 2. The van der Waals surface area contributed by atoms with Crippen LogP contribution in [0.1, 0.15) is 12.0 Å². The molecule has 1 spiro atoms. The van der Waals surface area contributed by atoms with Gasteiger partial charge in [-0.2, -0.15) is 11.8 Å². The molecule has 158 valence electrons. The van der Waals surface area contributed by atoms with E-state index in [4.69, 9.17) is 9.47 Å². The summed E-state index contributed by atoms with van der Waals surface area (Å²) in [6.45, 7) is 1.03. The largest absolute Gasteiger partial charge is 0.494 e. The Bertz CT molecular complexity index is 967. The molecule has 8 heteroatoms. The molecule has 4 rings (SSSR count). The number of para-hydroxylation sites is 1. The van der Waals surface area contributed by atoms with Gasteiger partial charge in [0.1, 0.15) is 11.5 Å². The van der Waals surface area contributed by atoms with Crippen LogP contribution in [-0.4, -0.2) is 50.1 Å². The quantitative estimate of drug-likeness (QED) is 0.589. The van der Waals surface area contributed by atoms with E-state index in [9.17, 15) is 9.59 Å². The topological polar surface area (TPSA) is 88.7 Å². The van der Waals surface area contributed by atoms with Gasteiger partial charge in [-0.05, 0) is 36.4 Å². The summed E-state index contributed by atoms with van der Waals surface area (Å²) < 4.78 is 11.1. The van der Waals surface area contributed by atoms with Crippen molar-refractivity contribution in [2.75, 3.05) is 42.9 Å². The SMILES string of the molecule is COc1cc(OCCSC)ccc1NC(=O)C1CC2(CN1)C(=O)Nc1ccccc12. The molecule has 2 aromatic rings. The summed E-state index contributed by atoms with van der Waals surface area (Å²) in [6.07, 6.45) is 2.43. The standard InChI is InChI=1S/C22H25N3O4S/c1-28-19-11-14(29-9-10-30-2)7-8-17(19)24-20(26)18-12-22(13-23-18)15-5-3-4-6-16(15)25-21(22)27/h3-8,11,18,23H,9-10,12-13H2,1-2H3,(H,24,26)(H,25,27). The zero-order valence-corrected chi connectivity index (χ0v) is 17.8. The van der Waals surface area contributed by atoms with Gasteiger partial charge in [0.25, 0.3) is 0 Å². The van der Waals surface area contributed by atoms with E-state index in [0.717, 1.165) is 17.0 Å². The lowest BCUT2D eigenvalue weighted by Gasteiger charge is -2.20. The van der Waals surface area contributed by atoms with Gasteiger partial charge in [0, 0.05) is 24.1 Å². The fourth-order valence-corrected chi connectivity index (χ4v) is 4.30. The van der Waals surface area contributed by atoms with Gasteiger partial charge in [-0.25, -0.2) is 0 Å². The second kappa shape index (κ2) is 8.57. The second-order valence-corrected chi connectivity index (χ2v) is 8.40. The highest BCUT2D eigenvalue weighted by molar-refractivity contribution is 7.98. The lowest BCUT2D eigenvalue weighted by molar-refractivity contribution is -0.120. The molecule has 1 saturated heterocycles. The van der Waals surface area contributed by atoms with E-state index in [2.05, 4.69) is 16.0 Å². The molecule has 2 aromatic carbocycles. The molecule has 2 unspecified atom stereocenters. The Labute approximate surface area is 179 Å². The molecule has 7 nitrogen and oxygen atoms in total. The maximum atomic E-state index is 12.9. The van der Waals surface area contributed by atoms with Gasteiger partial charge in [-0.15, -0.1) is 0 Å². The molecule has 1 fully saturated rings. The number of hydrogen-bond donors (Lipinski definition) is 3. The number of nitrogens with one attached hydrogen (secondary N) is 3. The van der Waals surface area contributed by atoms with Gasteiger partial charge < -0.3 is 25.4 Å². The third kappa shape index (κ3) is 3.73. The molecule has 0 radical (unpaired) electrons. The first-order valence-electron chi connectivity index (χ1n) is 9.82. The van der Waals surface area contributed by atoms with E-state index < -0.39 is 11.5 Å². The summed E-state index contributed by atoms with van der Waals surface area (Å²) >= 11 is 1.71. The Kier molecular flexibility index (Phi) is 5.87. The van der Waals surface area contributed by atoms with Crippen LogP contribution in [0.5, 0.6) is 11.5 Å². The van der Waals surface area contributed by atoms with Crippen molar-refractivity contribution in [1.29, 1.82) is 0 Å². The summed E-state index contributed by atoms with van der Waals surface area (Å²) in [7, 11) is 1.55. The minimum atomic E-state index is -0.711. The number of anilines is 2. The lowest BCUT2D eigenvalue weighted by atomic mass is 9.79. The normalized spacial score (nSPS) is 21.9. The molecule has 2 amide bonds. The van der Waals surface area contributed by atoms with E-state index in [-0.39, 0.29) is 11.8 Å². The van der Waals surface area contributed by atoms with Crippen molar-refractivity contribution < 1.29 is 19.1 Å². The minimum Gasteiger partial charge on any atom is -0.494 e. The van der Waals surface area contributed by atoms with E-state index in [0.29, 0.717) is 36.8 Å². The molecule has 0 bridgehead atoms. The fourth-order valence-electron chi connectivity index (χ4n) is 4.05. The predicted molar refractivity (Wildman–Crippen MR) is 119 cm³/mol. The van der Waals surface area contributed by atoms with Crippen LogP contribution in [0.15, 0.2) is 42.5 Å². The molecule has 30 heavy (non-hydrogen) atoms. The summed E-state index contributed by atoms with van der Waals surface area (Å²) in [5.74, 6) is 1.86. The predicted octanol–water partition coefficient (Wildman–Crippen LogP) is 2.63. The molecule has 2 aliphatic heterocycles. The zero-order valence-electron chi connectivity index (χ0n) is 17.0. The smallest absolute Gasteiger partial charge is 0.241 e. The summed E-state index contributed by atoms with van der Waals surface area (Å²) in [6, 6.07) is 12.5. The highest BCUT2D eigenvalue weighted by atomic mass is 32.2. The zero-order chi connectivity index (χ0) is 21.1. The molecule has 0 aliphatic carbocycles. The number of methoxy groups -OCH3 is 1. The van der Waals surface area contributed by atoms with Crippen LogP contribution in [0, 0.1) is 0 Å². The molecule has 0 aromatic heterocycles. The molecular formula is C22H25N3O4S. The Morgan fingerprint density at radius 2 is 2.13 bits per heavy atom. The van der Waals surface area contributed by atoms with E-state index in [1.54, 1.807) is 31.0 Å². The van der Waals surface area contributed by atoms with Crippen molar-refractivity contribution in [1.82, 2.24) is 5.32 Å². The van der Waals surface area contributed by atoms with Crippen molar-refractivity contribution >= 4 is 35.0 Å². The third-order valence-corrected chi connectivity index (χ3v) is 6.21. The van der Waals surface area contributed by atoms with E-state index >= 15 is 0 Å². The Morgan fingerprint density at radius 1 is 1.30 bits per heavy atom. The molecule has 2 atom stereocenters. The third-order valence-electron chi connectivity index (χ3n) is 5.63. The maximum absolute atomic E-state index is 12.9. The molecule has 2 aliphatic rings. The Balaban J connectivity index is 1.46. The van der Waals surface area contributed by atoms with Gasteiger partial charge in [0.05, 0.1) is 30.9 Å². The van der Waals surface area contributed by atoms with Crippen LogP contribution in [0.4, 0.5) is 11.4 Å². The minimum absolute atomic E-state index is 0.0594. The number of ether oxygens (including phenoxy) is 2. The molecule has 0 saturated carbocycles. The van der Waals surface area contributed by atoms with Crippen molar-refractivity contribution in [2.45, 2.75) is 17.9 Å². The molecular weight excluding hydrogens is 402 g/mol. The lowest BCUT2D eigenvalue weighted by Crippen LogP contribution is -2.36. The van der Waals surface area contributed by atoms with Gasteiger partial charge in [0.2, 0.25) is 11.8 Å². The van der Waals surface area contributed by atoms with Crippen molar-refractivity contribution in [3.63, 3.8) is 0 Å². The molecule has 2 heterocycles.